The number of esters is 1. The van der Waals surface area contributed by atoms with Gasteiger partial charge in [0.2, 0.25) is 11.5 Å². The number of para-hydroxylation sites is 1. The minimum Gasteiger partial charge on any atom is -0.463 e. The van der Waals surface area contributed by atoms with Crippen molar-refractivity contribution in [1.82, 2.24) is 19.5 Å². The predicted octanol–water partition coefficient (Wildman–Crippen LogP) is 1.77. The number of hydrogen-bond acceptors (Lipinski definition) is 12. The molecule has 2 aromatic heterocycles. The summed E-state index contributed by atoms with van der Waals surface area (Å²) in [5.74, 6) is 0.135. The van der Waals surface area contributed by atoms with Crippen molar-refractivity contribution in [2.45, 2.75) is 50.9 Å². The number of carbonyl (C=O) groups excluding carboxylic acids is 1. The van der Waals surface area contributed by atoms with Crippen molar-refractivity contribution in [2.24, 2.45) is 5.92 Å². The number of aliphatic hydroxyl groups is 2. The van der Waals surface area contributed by atoms with Crippen LogP contribution in [0.25, 0.3) is 11.2 Å². The maximum Gasteiger partial charge on any atom is 0.380 e. The van der Waals surface area contributed by atoms with Gasteiger partial charge in [-0.2, -0.15) is 4.98 Å². The van der Waals surface area contributed by atoms with E-state index < -0.39 is 67.9 Å². The van der Waals surface area contributed by atoms with Gasteiger partial charge in [0.05, 0.1) is 33.8 Å². The molecule has 220 valence electrons. The fraction of sp³-hybridized carbons (Fsp3) is 0.440. The molecule has 1 unspecified atom stereocenters. The van der Waals surface area contributed by atoms with E-state index in [0.29, 0.717) is 0 Å². The first-order valence-electron chi connectivity index (χ1n) is 13.3. The Morgan fingerprint density at radius 3 is 2.76 bits per heavy atom. The van der Waals surface area contributed by atoms with Crippen molar-refractivity contribution >= 4 is 42.3 Å². The molecule has 1 fully saturated rings. The molecule has 1 aliphatic rings. The minimum atomic E-state index is -4.59. The summed E-state index contributed by atoms with van der Waals surface area (Å²) >= 11 is 5.58. The molecule has 1 aliphatic heterocycles. The molecule has 1 aromatic carbocycles. The Morgan fingerprint density at radius 1 is 1.39 bits per heavy atom. The van der Waals surface area contributed by atoms with Crippen molar-refractivity contribution in [3.8, 4) is 17.0 Å². The Morgan fingerprint density at radius 2 is 2.10 bits per heavy atom. The largest absolute Gasteiger partial charge is 0.463 e. The Kier molecular flexibility index (Phi) is 8.25. The molecule has 16 heteroatoms. The summed E-state index contributed by atoms with van der Waals surface area (Å²) < 4.78 is 54.4. The Balaban J connectivity index is 1.71. The van der Waals surface area contributed by atoms with Gasteiger partial charge in [0.15, 0.2) is 17.4 Å². The van der Waals surface area contributed by atoms with Crippen LogP contribution in [0, 0.1) is 17.2 Å². The van der Waals surface area contributed by atoms with Crippen LogP contribution in [-0.2, 0) is 23.4 Å². The third kappa shape index (κ3) is 6.56. The molecule has 0 saturated carbocycles. The highest BCUT2D eigenvalue weighted by atomic mass is 35.5. The number of aromatic nitrogens is 4. The fourth-order valence-electron chi connectivity index (χ4n) is 4.02. The summed E-state index contributed by atoms with van der Waals surface area (Å²) in [7, 11) is -4.59. The number of hydrogen-bond donors (Lipinski definition) is 4. The Labute approximate surface area is 242 Å². The van der Waals surface area contributed by atoms with Crippen LogP contribution in [0.1, 0.15) is 29.7 Å². The number of ether oxygens (including phenoxy) is 2. The van der Waals surface area contributed by atoms with Crippen molar-refractivity contribution in [1.29, 1.82) is 0 Å². The number of aliphatic hydroxyl groups excluding tert-OH is 1. The highest BCUT2D eigenvalue weighted by Crippen LogP contribution is 2.51. The maximum absolute atomic E-state index is 14.1. The molecule has 1 saturated heterocycles. The number of halogens is 1. The number of fused-ring (bicyclic) bond motifs is 1. The van der Waals surface area contributed by atoms with Gasteiger partial charge in [-0.1, -0.05) is 25.1 Å². The number of benzene rings is 1. The molecule has 0 spiro atoms. The average Bonchev–Trinajstić information content (AvgIpc) is 3.42. The Hall–Kier alpha value is -3.44. The summed E-state index contributed by atoms with van der Waals surface area (Å²) in [6.07, 6.45) is -6.12. The van der Waals surface area contributed by atoms with E-state index in [2.05, 4.69) is 20.9 Å². The van der Waals surface area contributed by atoms with Crippen LogP contribution in [0.2, 0.25) is 0 Å². The number of aromatic amines is 1. The van der Waals surface area contributed by atoms with E-state index in [-0.39, 0.29) is 22.9 Å². The van der Waals surface area contributed by atoms with E-state index in [0.717, 1.165) is 10.9 Å². The Bertz CT molecular complexity index is 1660. The first-order valence-corrected chi connectivity index (χ1v) is 14.4. The lowest BCUT2D eigenvalue weighted by molar-refractivity contribution is -0.151. The van der Waals surface area contributed by atoms with Crippen molar-refractivity contribution in [2.75, 3.05) is 18.5 Å². The van der Waals surface area contributed by atoms with E-state index in [4.69, 9.17) is 38.6 Å². The number of imidazole rings is 1. The molecule has 3 aromatic rings. The van der Waals surface area contributed by atoms with Crippen LogP contribution in [0.5, 0.6) is 5.75 Å². The van der Waals surface area contributed by atoms with Crippen molar-refractivity contribution in [3.63, 3.8) is 0 Å². The first kappa shape index (κ1) is 27.7. The molecule has 0 bridgehead atoms. The summed E-state index contributed by atoms with van der Waals surface area (Å²) in [5, 5.41) is 24.6. The lowest BCUT2D eigenvalue weighted by Crippen LogP contribution is -2.46. The monoisotopic (exact) mass is 611 g/mol. The quantitative estimate of drug-likeness (QED) is 0.147. The number of H-pyrrole nitrogens is 1. The molecule has 4 rings (SSSR count). The third-order valence-corrected chi connectivity index (χ3v) is 7.85. The summed E-state index contributed by atoms with van der Waals surface area (Å²) in [4.78, 5) is 35.0. The normalized spacial score (nSPS) is 25.5. The van der Waals surface area contributed by atoms with Crippen molar-refractivity contribution < 1.29 is 40.8 Å². The molecular formula is C25H29ClN5O9P. The first-order chi connectivity index (χ1) is 20.1. The molecule has 3 heterocycles. The molecule has 6 atom stereocenters. The average molecular weight is 612 g/mol. The molecule has 0 aliphatic carbocycles. The summed E-state index contributed by atoms with van der Waals surface area (Å²) in [6.45, 7) is 1.50. The van der Waals surface area contributed by atoms with E-state index in [9.17, 15) is 24.4 Å². The zero-order valence-corrected chi connectivity index (χ0v) is 23.7. The van der Waals surface area contributed by atoms with Gasteiger partial charge in [-0.05, 0) is 43.5 Å². The van der Waals surface area contributed by atoms with Crippen LogP contribution in [0.4, 0.5) is 5.95 Å². The highest BCUT2D eigenvalue weighted by Gasteiger charge is 2.57. The summed E-state index contributed by atoms with van der Waals surface area (Å²) in [6, 6.07) is 7.70. The van der Waals surface area contributed by atoms with Gasteiger partial charge in [0, 0.05) is 5.38 Å². The number of nitrogens with two attached hydrogens (primary N) is 1. The molecular weight excluding hydrogens is 581 g/mol. The van der Waals surface area contributed by atoms with E-state index >= 15 is 0 Å². The zero-order chi connectivity index (χ0) is 31.7. The molecule has 41 heavy (non-hydrogen) atoms. The predicted molar refractivity (Wildman–Crippen MR) is 147 cm³/mol. The number of nitrogens with zero attached hydrogens (tertiary/aromatic N) is 3. The number of rotatable bonds is 10. The SMILES string of the molecule is [2H]C([2H])(O[P@@](=O)(C[C@@H](C)C(=O)OC(C)C)Oc1ccccc1)[C@H]1O[C@@H](n2cnc3c(=O)[nH]c(N)nc32)C(O)(C#CCl)[C@H]1O. The van der Waals surface area contributed by atoms with Crippen LogP contribution in [-0.4, -0.2) is 72.3 Å². The number of nitrogen functional groups attached to an aromatic ring is 1. The second-order valence-corrected chi connectivity index (χ2v) is 11.6. The van der Waals surface area contributed by atoms with E-state index in [1.807, 2.05) is 5.38 Å². The van der Waals surface area contributed by atoms with E-state index in [1.54, 1.807) is 32.0 Å². The molecule has 5 N–H and O–H groups in total. The van der Waals surface area contributed by atoms with Gasteiger partial charge in [-0.3, -0.25) is 23.7 Å². The number of nitrogens with one attached hydrogen (secondary N) is 1. The third-order valence-electron chi connectivity index (χ3n) is 5.89. The van der Waals surface area contributed by atoms with Gasteiger partial charge < -0.3 is 29.9 Å². The minimum absolute atomic E-state index is 0.0418. The van der Waals surface area contributed by atoms with Crippen LogP contribution >= 0.6 is 19.2 Å². The number of anilines is 1. The zero-order valence-electron chi connectivity index (χ0n) is 24.1. The van der Waals surface area contributed by atoms with Crippen LogP contribution < -0.4 is 15.8 Å². The lowest BCUT2D eigenvalue weighted by Gasteiger charge is -2.26. The molecule has 14 nitrogen and oxygen atoms in total. The molecule has 0 radical (unpaired) electrons. The summed E-state index contributed by atoms with van der Waals surface area (Å²) in [5.41, 5.74) is 1.91. The topological polar surface area (TPSA) is 201 Å². The highest BCUT2D eigenvalue weighted by molar-refractivity contribution is 7.54. The van der Waals surface area contributed by atoms with Gasteiger partial charge in [0.25, 0.3) is 5.56 Å². The van der Waals surface area contributed by atoms with Gasteiger partial charge in [0.1, 0.15) is 18.0 Å². The lowest BCUT2D eigenvalue weighted by atomic mass is 9.95. The van der Waals surface area contributed by atoms with Crippen LogP contribution in [0.3, 0.4) is 0 Å². The molecule has 0 amide bonds. The van der Waals surface area contributed by atoms with E-state index in [1.165, 1.54) is 19.1 Å². The second kappa shape index (κ2) is 12.2. The smallest absolute Gasteiger partial charge is 0.380 e. The fourth-order valence-corrected chi connectivity index (χ4v) is 5.88. The van der Waals surface area contributed by atoms with Gasteiger partial charge in [-0.25, -0.2) is 9.55 Å². The second-order valence-electron chi connectivity index (χ2n) is 9.47. The van der Waals surface area contributed by atoms with Crippen LogP contribution in [0.15, 0.2) is 41.5 Å². The van der Waals surface area contributed by atoms with Gasteiger partial charge in [-0.15, -0.1) is 0 Å². The number of carbonyl (C=O) groups is 1. The van der Waals surface area contributed by atoms with Crippen molar-refractivity contribution in [3.05, 3.63) is 47.0 Å². The standard InChI is InChI=1S/C25H29ClN5O9P/c1-14(2)38-22(34)15(3)12-41(36,40-16-7-5-4-6-8-16)37-11-17-19(32)25(35,9-10-26)23(39-17)31-13-28-18-20(31)29-24(27)30-21(18)33/h4-8,13-15,17,19,23,32,35H,11-12H2,1-3H3,(H3,27,29,30,33)/t15-,17-,19+,23-,25?,41+/m1/s1/i11D2. The van der Waals surface area contributed by atoms with Gasteiger partial charge >= 0.3 is 13.6 Å². The maximum atomic E-state index is 14.1.